The number of hydrogen-bond donors (Lipinski definition) is 3. The van der Waals surface area contributed by atoms with Crippen molar-refractivity contribution in [2.24, 2.45) is 0 Å². The molecule has 0 aliphatic heterocycles. The fourth-order valence-electron chi connectivity index (χ4n) is 10.6. The predicted octanol–water partition coefficient (Wildman–Crippen LogP) is 24.2. The van der Waals surface area contributed by atoms with E-state index in [4.69, 9.17) is 37.0 Å². The van der Waals surface area contributed by atoms with Gasteiger partial charge in [0.05, 0.1) is 26.4 Å². The Hall–Kier alpha value is -5.06. The van der Waals surface area contributed by atoms with Crippen LogP contribution in [0.2, 0.25) is 0 Å². The molecule has 0 aromatic heterocycles. The molecule has 0 fully saturated rings. The van der Waals surface area contributed by atoms with E-state index in [9.17, 15) is 43.2 Å². The minimum absolute atomic E-state index is 0.0551. The Bertz CT molecular complexity index is 2580. The van der Waals surface area contributed by atoms with Gasteiger partial charge in [0.25, 0.3) is 0 Å². The molecule has 0 aliphatic carbocycles. The lowest BCUT2D eigenvalue weighted by Gasteiger charge is -2.21. The highest BCUT2D eigenvalue weighted by molar-refractivity contribution is 7.47. The first-order valence-electron chi connectivity index (χ1n) is 41.1. The minimum Gasteiger partial charge on any atom is -0.462 e. The quantitative estimate of drug-likeness (QED) is 0.0169. The van der Waals surface area contributed by atoms with Crippen molar-refractivity contribution in [1.29, 1.82) is 0 Å². The van der Waals surface area contributed by atoms with Gasteiger partial charge in [-0.15, -0.1) is 0 Å². The molecule has 0 amide bonds. The number of aliphatic hydroxyl groups is 1. The van der Waals surface area contributed by atoms with Crippen molar-refractivity contribution in [3.05, 3.63) is 146 Å². The summed E-state index contributed by atoms with van der Waals surface area (Å²) < 4.78 is 68.6. The van der Waals surface area contributed by atoms with Crippen molar-refractivity contribution in [2.75, 3.05) is 39.6 Å². The topological polar surface area (TPSA) is 237 Å². The van der Waals surface area contributed by atoms with Gasteiger partial charge in [-0.05, 0) is 148 Å². The molecule has 0 heterocycles. The van der Waals surface area contributed by atoms with Gasteiger partial charge < -0.3 is 33.8 Å². The van der Waals surface area contributed by atoms with E-state index >= 15 is 0 Å². The molecule has 0 bridgehead atoms. The molecule has 0 rings (SSSR count). The summed E-state index contributed by atoms with van der Waals surface area (Å²) in [6, 6.07) is 0. The maximum atomic E-state index is 13.1. The number of allylic oxidation sites excluding steroid dienone is 24. The van der Waals surface area contributed by atoms with Gasteiger partial charge in [0.2, 0.25) is 0 Å². The Labute approximate surface area is 643 Å². The Morgan fingerprint density at radius 1 is 0.274 bits per heavy atom. The molecule has 5 atom stereocenters. The van der Waals surface area contributed by atoms with E-state index < -0.39 is 97.5 Å². The molecule has 5 unspecified atom stereocenters. The van der Waals surface area contributed by atoms with E-state index in [1.54, 1.807) is 0 Å². The number of phosphoric acid groups is 2. The molecule has 0 aromatic carbocycles. The Balaban J connectivity index is 5.40. The molecule has 3 N–H and O–H groups in total. The van der Waals surface area contributed by atoms with E-state index in [2.05, 4.69) is 174 Å². The fourth-order valence-corrected chi connectivity index (χ4v) is 12.2. The number of unbranched alkanes of at least 4 members (excludes halogenated alkanes) is 26. The van der Waals surface area contributed by atoms with E-state index in [0.717, 1.165) is 186 Å². The summed E-state index contributed by atoms with van der Waals surface area (Å²) in [5.41, 5.74) is 0. The molecular formula is C87H146O17P2. The van der Waals surface area contributed by atoms with Crippen LogP contribution < -0.4 is 0 Å². The first-order chi connectivity index (χ1) is 51.7. The van der Waals surface area contributed by atoms with Crippen LogP contribution in [-0.2, 0) is 65.4 Å². The largest absolute Gasteiger partial charge is 0.472 e. The maximum Gasteiger partial charge on any atom is 0.472 e. The van der Waals surface area contributed by atoms with Gasteiger partial charge in [-0.2, -0.15) is 0 Å². The van der Waals surface area contributed by atoms with Crippen molar-refractivity contribution in [2.45, 2.75) is 341 Å². The third kappa shape index (κ3) is 77.1. The Morgan fingerprint density at radius 3 is 0.783 bits per heavy atom. The van der Waals surface area contributed by atoms with Gasteiger partial charge in [-0.1, -0.05) is 296 Å². The number of phosphoric ester groups is 2. The van der Waals surface area contributed by atoms with Crippen LogP contribution in [-0.4, -0.2) is 96.7 Å². The first kappa shape index (κ1) is 101. The van der Waals surface area contributed by atoms with Gasteiger partial charge >= 0.3 is 39.5 Å². The second-order valence-electron chi connectivity index (χ2n) is 27.0. The van der Waals surface area contributed by atoms with Crippen molar-refractivity contribution in [3.63, 3.8) is 0 Å². The molecule has 106 heavy (non-hydrogen) atoms. The highest BCUT2D eigenvalue weighted by Gasteiger charge is 2.30. The first-order valence-corrected chi connectivity index (χ1v) is 44.1. The van der Waals surface area contributed by atoms with Gasteiger partial charge in [0.1, 0.15) is 19.3 Å². The summed E-state index contributed by atoms with van der Waals surface area (Å²) in [5.74, 6) is -2.25. The number of carbonyl (C=O) groups excluding carboxylic acids is 4. The van der Waals surface area contributed by atoms with E-state index in [1.165, 1.54) is 57.8 Å². The number of esters is 4. The summed E-state index contributed by atoms with van der Waals surface area (Å²) in [6.07, 6.45) is 89.6. The van der Waals surface area contributed by atoms with Crippen LogP contribution in [0.3, 0.4) is 0 Å². The van der Waals surface area contributed by atoms with Gasteiger partial charge in [-0.3, -0.25) is 37.3 Å². The highest BCUT2D eigenvalue weighted by Crippen LogP contribution is 2.45. The van der Waals surface area contributed by atoms with Crippen molar-refractivity contribution in [1.82, 2.24) is 0 Å². The molecule has 0 radical (unpaired) electrons. The lowest BCUT2D eigenvalue weighted by molar-refractivity contribution is -0.161. The van der Waals surface area contributed by atoms with Crippen molar-refractivity contribution in [3.8, 4) is 0 Å². The zero-order valence-electron chi connectivity index (χ0n) is 66.3. The number of rotatable bonds is 76. The average molecular weight is 1530 g/mol. The third-order valence-electron chi connectivity index (χ3n) is 16.8. The molecule has 606 valence electrons. The Kier molecular flexibility index (Phi) is 74.3. The summed E-state index contributed by atoms with van der Waals surface area (Å²) in [7, 11) is -9.98. The zero-order chi connectivity index (χ0) is 77.4. The van der Waals surface area contributed by atoms with Crippen LogP contribution in [0.5, 0.6) is 0 Å². The maximum absolute atomic E-state index is 13.1. The lowest BCUT2D eigenvalue weighted by atomic mass is 10.1. The van der Waals surface area contributed by atoms with Crippen molar-refractivity contribution < 1.29 is 80.2 Å². The third-order valence-corrected chi connectivity index (χ3v) is 18.7. The lowest BCUT2D eigenvalue weighted by Crippen LogP contribution is -2.30. The van der Waals surface area contributed by atoms with Gasteiger partial charge in [0, 0.05) is 25.7 Å². The SMILES string of the molecule is CC/C=C\C/C=C\C/C=C\C/C=C\C/C=C\CCCCCC(=O)OCC(COP(=O)(O)OCC(O)COP(=O)(O)OCC(COC(=O)CCCCCCCC/C=C\C/C=C\C/C=C\CCCCC)OC(=O)CCCCCCCCCCCCC)OC(=O)CCCCCC/C=C\C/C=C\C/C=C\C/C=C\CC. The van der Waals surface area contributed by atoms with E-state index in [1.807, 2.05) is 0 Å². The second-order valence-corrected chi connectivity index (χ2v) is 29.9. The monoisotopic (exact) mass is 1530 g/mol. The fraction of sp³-hybridized carbons (Fsp3) is 0.678. The Morgan fingerprint density at radius 2 is 0.491 bits per heavy atom. The molecule has 0 aliphatic rings. The zero-order valence-corrected chi connectivity index (χ0v) is 68.1. The molecule has 0 saturated heterocycles. The van der Waals surface area contributed by atoms with Crippen LogP contribution in [0.15, 0.2) is 146 Å². The van der Waals surface area contributed by atoms with E-state index in [0.29, 0.717) is 25.7 Å². The number of aliphatic hydroxyl groups excluding tert-OH is 1. The number of hydrogen-bond acceptors (Lipinski definition) is 15. The molecule has 19 heteroatoms. The summed E-state index contributed by atoms with van der Waals surface area (Å²) in [4.78, 5) is 73.1. The summed E-state index contributed by atoms with van der Waals surface area (Å²) >= 11 is 0. The molecular weight excluding hydrogens is 1380 g/mol. The smallest absolute Gasteiger partial charge is 0.462 e. The van der Waals surface area contributed by atoms with E-state index in [-0.39, 0.29) is 25.7 Å². The number of carbonyl (C=O) groups is 4. The van der Waals surface area contributed by atoms with Crippen LogP contribution in [0.4, 0.5) is 0 Å². The average Bonchev–Trinajstić information content (AvgIpc) is 0.919. The molecule has 0 aromatic rings. The van der Waals surface area contributed by atoms with Crippen LogP contribution in [0.1, 0.15) is 323 Å². The molecule has 0 spiro atoms. The van der Waals surface area contributed by atoms with Crippen LogP contribution >= 0.6 is 15.6 Å². The molecule has 0 saturated carbocycles. The van der Waals surface area contributed by atoms with Crippen LogP contribution in [0.25, 0.3) is 0 Å². The summed E-state index contributed by atoms with van der Waals surface area (Å²) in [6.45, 7) is 4.55. The van der Waals surface area contributed by atoms with Gasteiger partial charge in [-0.25, -0.2) is 9.13 Å². The van der Waals surface area contributed by atoms with Gasteiger partial charge in [0.15, 0.2) is 12.2 Å². The predicted molar refractivity (Wildman–Crippen MR) is 436 cm³/mol. The minimum atomic E-state index is -5.00. The summed E-state index contributed by atoms with van der Waals surface area (Å²) in [5, 5.41) is 10.6. The highest BCUT2D eigenvalue weighted by atomic mass is 31.2. The van der Waals surface area contributed by atoms with Crippen molar-refractivity contribution >= 4 is 39.5 Å². The standard InChI is InChI=1S/C87H146O17P2/c1-5-9-13-17-21-25-29-32-35-38-40-43-45-48-52-55-59-63-67-71-84(89)97-77-82(103-86(91)73-69-65-61-57-51-28-24-20-16-12-8-4)79-101-105(93,94)99-75-81(88)76-100-106(95,96)102-80-83(104-87(92)74-70-66-62-58-54-50-47-42-37-34-31-27-23-19-15-11-7-3)78-98-85(90)72-68-64-60-56-53-49-46-44-41-39-36-33-30-26-22-18-14-10-6-2/h10-11,14-15,21-23,25-27,32-37,40-41,43-44,47,49-50,53,81-83,88H,5-9,12-13,16-20,24,28-31,38-39,42,45-46,48,51-52,54-80H2,1-4H3,(H,93,94)(H,95,96)/b14-10-,15-11-,25-21-,26-22-,27-23-,35-32-,36-33-,37-34-,43-40-,44-41-,50-47-,53-49-. The molecule has 17 nitrogen and oxygen atoms in total. The van der Waals surface area contributed by atoms with Crippen LogP contribution in [0, 0.1) is 0 Å². The second kappa shape index (κ2) is 78.1. The normalized spacial score (nSPS) is 14.6. The number of ether oxygens (including phenoxy) is 4.